The fourth-order valence-electron chi connectivity index (χ4n) is 1.33. The zero-order chi connectivity index (χ0) is 10.8. The Hall–Kier alpha value is -1.55. The second-order valence-corrected chi connectivity index (χ2v) is 3.78. The van der Waals surface area contributed by atoms with Crippen molar-refractivity contribution in [3.8, 4) is 0 Å². The van der Waals surface area contributed by atoms with Gasteiger partial charge in [0, 0.05) is 31.2 Å². The van der Waals surface area contributed by atoms with Crippen LogP contribution in [-0.2, 0) is 13.6 Å². The fourth-order valence-corrected chi connectivity index (χ4v) is 1.49. The third-order valence-electron chi connectivity index (χ3n) is 2.06. The van der Waals surface area contributed by atoms with Crippen LogP contribution in [0.5, 0.6) is 0 Å². The van der Waals surface area contributed by atoms with Gasteiger partial charge < -0.3 is 4.57 Å². The number of hydrogen-bond donors (Lipinski definition) is 0. The summed E-state index contributed by atoms with van der Waals surface area (Å²) in [6.45, 7) is 0.219. The van der Waals surface area contributed by atoms with Crippen LogP contribution < -0.4 is 0 Å². The first-order valence-electron chi connectivity index (χ1n) is 4.48. The third-order valence-corrected chi connectivity index (χ3v) is 2.26. The average molecular weight is 224 g/mol. The molecule has 0 saturated heterocycles. The molecule has 78 valence electrons. The number of hydrogen-bond acceptors (Lipinski definition) is 2. The van der Waals surface area contributed by atoms with Gasteiger partial charge in [-0.3, -0.25) is 9.48 Å². The number of halogens is 1. The minimum Gasteiger partial charge on any atom is -0.357 e. The van der Waals surface area contributed by atoms with E-state index in [1.54, 1.807) is 18.5 Å². The Balaban J connectivity index is 2.10. The molecule has 0 atom stereocenters. The molecule has 0 spiro atoms. The molecule has 0 radical (unpaired) electrons. The molecule has 0 saturated carbocycles. The van der Waals surface area contributed by atoms with E-state index in [0.717, 1.165) is 0 Å². The molecule has 0 amide bonds. The number of nitrogens with zero attached hydrogens (tertiary/aromatic N) is 3. The quantitative estimate of drug-likeness (QED) is 0.744. The molecule has 2 aromatic rings. The summed E-state index contributed by atoms with van der Waals surface area (Å²) in [6, 6.07) is 1.79. The highest BCUT2D eigenvalue weighted by atomic mass is 35.5. The second-order valence-electron chi connectivity index (χ2n) is 3.34. The van der Waals surface area contributed by atoms with Crippen LogP contribution in [0.1, 0.15) is 10.4 Å². The van der Waals surface area contributed by atoms with Crippen molar-refractivity contribution in [3.63, 3.8) is 0 Å². The normalized spacial score (nSPS) is 10.5. The van der Waals surface area contributed by atoms with Crippen LogP contribution in [0.2, 0.25) is 5.02 Å². The molecule has 0 N–H and O–H groups in total. The molecule has 0 fully saturated rings. The molecule has 0 aromatic carbocycles. The molecule has 2 aromatic heterocycles. The van der Waals surface area contributed by atoms with Gasteiger partial charge in [0.2, 0.25) is 0 Å². The number of Topliss-reactive ketones (excluding diaryl/α,β-unsaturated/α-hetero) is 1. The van der Waals surface area contributed by atoms with Crippen molar-refractivity contribution in [2.45, 2.75) is 6.54 Å². The van der Waals surface area contributed by atoms with E-state index >= 15 is 0 Å². The van der Waals surface area contributed by atoms with E-state index < -0.39 is 0 Å². The lowest BCUT2D eigenvalue weighted by Gasteiger charge is -1.98. The Morgan fingerprint density at radius 2 is 2.33 bits per heavy atom. The van der Waals surface area contributed by atoms with Gasteiger partial charge >= 0.3 is 0 Å². The lowest BCUT2D eigenvalue weighted by molar-refractivity contribution is 0.0967. The van der Waals surface area contributed by atoms with E-state index in [1.807, 2.05) is 17.8 Å². The monoisotopic (exact) mass is 223 g/mol. The summed E-state index contributed by atoms with van der Waals surface area (Å²) < 4.78 is 3.36. The summed E-state index contributed by atoms with van der Waals surface area (Å²) in [7, 11) is 1.88. The standard InChI is InChI=1S/C10H10ClN3O/c1-13-3-2-8(5-13)10(15)7-14-6-9(11)4-12-14/h2-6H,7H2,1H3. The summed E-state index contributed by atoms with van der Waals surface area (Å²) in [5.41, 5.74) is 0.684. The van der Waals surface area contributed by atoms with E-state index in [9.17, 15) is 4.79 Å². The topological polar surface area (TPSA) is 39.8 Å². The maximum atomic E-state index is 11.7. The van der Waals surface area contributed by atoms with Crippen molar-refractivity contribution >= 4 is 17.4 Å². The Kier molecular flexibility index (Phi) is 2.60. The molecule has 2 heterocycles. The average Bonchev–Trinajstić information content (AvgIpc) is 2.75. The lowest BCUT2D eigenvalue weighted by atomic mass is 10.2. The Bertz CT molecular complexity index is 486. The van der Waals surface area contributed by atoms with Gasteiger partial charge in [-0.1, -0.05) is 11.6 Å². The molecule has 15 heavy (non-hydrogen) atoms. The first-order valence-corrected chi connectivity index (χ1v) is 4.86. The lowest BCUT2D eigenvalue weighted by Crippen LogP contribution is -2.10. The van der Waals surface area contributed by atoms with Crippen LogP contribution in [0.25, 0.3) is 0 Å². The van der Waals surface area contributed by atoms with Crippen LogP contribution in [-0.4, -0.2) is 20.1 Å². The fraction of sp³-hybridized carbons (Fsp3) is 0.200. The highest BCUT2D eigenvalue weighted by Gasteiger charge is 2.08. The van der Waals surface area contributed by atoms with Gasteiger partial charge in [0.05, 0.1) is 11.2 Å². The van der Waals surface area contributed by atoms with Gasteiger partial charge in [0.1, 0.15) is 6.54 Å². The Labute approximate surface area is 92.1 Å². The first-order chi connectivity index (χ1) is 7.15. The molecule has 0 aliphatic heterocycles. The van der Waals surface area contributed by atoms with Gasteiger partial charge in [-0.15, -0.1) is 0 Å². The SMILES string of the molecule is Cn1ccc(C(=O)Cn2cc(Cl)cn2)c1. The van der Waals surface area contributed by atoms with Crippen molar-refractivity contribution in [3.05, 3.63) is 41.4 Å². The van der Waals surface area contributed by atoms with E-state index in [2.05, 4.69) is 5.10 Å². The Morgan fingerprint density at radius 1 is 1.53 bits per heavy atom. The third kappa shape index (κ3) is 2.27. The zero-order valence-electron chi connectivity index (χ0n) is 8.22. The summed E-state index contributed by atoms with van der Waals surface area (Å²) in [6.07, 6.45) is 6.76. The maximum Gasteiger partial charge on any atom is 0.185 e. The summed E-state index contributed by atoms with van der Waals surface area (Å²) >= 11 is 5.70. The van der Waals surface area contributed by atoms with Crippen molar-refractivity contribution < 1.29 is 4.79 Å². The number of rotatable bonds is 3. The second kappa shape index (κ2) is 3.90. The van der Waals surface area contributed by atoms with Gasteiger partial charge in [0.25, 0.3) is 0 Å². The van der Waals surface area contributed by atoms with E-state index in [1.165, 1.54) is 10.9 Å². The van der Waals surface area contributed by atoms with E-state index in [-0.39, 0.29) is 12.3 Å². The highest BCUT2D eigenvalue weighted by molar-refractivity contribution is 6.30. The predicted octanol–water partition coefficient (Wildman–Crippen LogP) is 1.76. The predicted molar refractivity (Wildman–Crippen MR) is 57.0 cm³/mol. The molecule has 0 aliphatic rings. The Morgan fingerprint density at radius 3 is 2.87 bits per heavy atom. The number of ketones is 1. The molecule has 0 bridgehead atoms. The smallest absolute Gasteiger partial charge is 0.185 e. The molecule has 2 rings (SSSR count). The summed E-state index contributed by atoms with van der Waals surface area (Å²) in [4.78, 5) is 11.7. The van der Waals surface area contributed by atoms with Crippen LogP contribution in [0.3, 0.4) is 0 Å². The molecule has 5 heteroatoms. The molecule has 0 unspecified atom stereocenters. The van der Waals surface area contributed by atoms with Crippen LogP contribution >= 0.6 is 11.6 Å². The number of aromatic nitrogens is 3. The minimum atomic E-state index is 0.0235. The van der Waals surface area contributed by atoms with Crippen molar-refractivity contribution in [1.82, 2.24) is 14.3 Å². The van der Waals surface area contributed by atoms with Crippen LogP contribution in [0.4, 0.5) is 0 Å². The maximum absolute atomic E-state index is 11.7. The summed E-state index contributed by atoms with van der Waals surface area (Å²) in [5.74, 6) is 0.0235. The van der Waals surface area contributed by atoms with Crippen LogP contribution in [0.15, 0.2) is 30.9 Å². The van der Waals surface area contributed by atoms with E-state index in [0.29, 0.717) is 10.6 Å². The minimum absolute atomic E-state index is 0.0235. The zero-order valence-corrected chi connectivity index (χ0v) is 8.98. The van der Waals surface area contributed by atoms with Crippen LogP contribution in [0, 0.1) is 0 Å². The van der Waals surface area contributed by atoms with Gasteiger partial charge in [0.15, 0.2) is 5.78 Å². The van der Waals surface area contributed by atoms with Gasteiger partial charge in [-0.25, -0.2) is 0 Å². The molecule has 0 aliphatic carbocycles. The molecular weight excluding hydrogens is 214 g/mol. The molecular formula is C10H10ClN3O. The summed E-state index contributed by atoms with van der Waals surface area (Å²) in [5, 5.41) is 4.48. The van der Waals surface area contributed by atoms with Gasteiger partial charge in [-0.05, 0) is 6.07 Å². The number of aryl methyl sites for hydroxylation is 1. The number of carbonyl (C=O) groups excluding carboxylic acids is 1. The van der Waals surface area contributed by atoms with Crippen molar-refractivity contribution in [1.29, 1.82) is 0 Å². The highest BCUT2D eigenvalue weighted by Crippen LogP contribution is 2.07. The van der Waals surface area contributed by atoms with Crippen molar-refractivity contribution in [2.75, 3.05) is 0 Å². The first kappa shape index (κ1) is 9.98. The van der Waals surface area contributed by atoms with Gasteiger partial charge in [-0.2, -0.15) is 5.10 Å². The largest absolute Gasteiger partial charge is 0.357 e. The van der Waals surface area contributed by atoms with Crippen molar-refractivity contribution in [2.24, 2.45) is 7.05 Å². The molecule has 4 nitrogen and oxygen atoms in total. The van der Waals surface area contributed by atoms with E-state index in [4.69, 9.17) is 11.6 Å². The number of carbonyl (C=O) groups is 1.